The molecule has 0 spiro atoms. The van der Waals surface area contributed by atoms with Gasteiger partial charge in [0.2, 0.25) is 0 Å². The zero-order chi connectivity index (χ0) is 13.9. The van der Waals surface area contributed by atoms with Crippen LogP contribution >= 0.6 is 0 Å². The molecule has 3 rings (SSSR count). The van der Waals surface area contributed by atoms with Gasteiger partial charge >= 0.3 is 0 Å². The Morgan fingerprint density at radius 1 is 1.40 bits per heavy atom. The Hall–Kier alpha value is -1.95. The smallest absolute Gasteiger partial charge is 0.164 e. The van der Waals surface area contributed by atoms with Gasteiger partial charge in [0.1, 0.15) is 5.82 Å². The van der Waals surface area contributed by atoms with Crippen LogP contribution in [-0.4, -0.2) is 33.4 Å². The van der Waals surface area contributed by atoms with Gasteiger partial charge in [-0.15, -0.1) is 0 Å². The van der Waals surface area contributed by atoms with E-state index in [0.29, 0.717) is 6.61 Å². The molecule has 0 fully saturated rings. The van der Waals surface area contributed by atoms with Gasteiger partial charge in [0, 0.05) is 31.8 Å². The summed E-state index contributed by atoms with van der Waals surface area (Å²) in [5, 5.41) is 7.48. The average Bonchev–Trinajstić information content (AvgIpc) is 2.95. The number of nitrogens with one attached hydrogen (secondary N) is 1. The Morgan fingerprint density at radius 2 is 2.30 bits per heavy atom. The third-order valence-corrected chi connectivity index (χ3v) is 3.40. The Kier molecular flexibility index (Phi) is 3.64. The van der Waals surface area contributed by atoms with Crippen molar-refractivity contribution >= 4 is 5.82 Å². The molecule has 0 amide bonds. The molecule has 6 nitrogen and oxygen atoms in total. The number of anilines is 1. The van der Waals surface area contributed by atoms with E-state index in [4.69, 9.17) is 4.74 Å². The van der Waals surface area contributed by atoms with Gasteiger partial charge in [0.05, 0.1) is 30.7 Å². The number of fused-ring (bicyclic) bond motifs is 1. The maximum Gasteiger partial charge on any atom is 0.164 e. The van der Waals surface area contributed by atoms with Crippen LogP contribution in [0.15, 0.2) is 12.4 Å². The number of hydrogen-bond donors (Lipinski definition) is 1. The molecule has 1 aliphatic heterocycles. The Balaban J connectivity index is 2.00. The minimum Gasteiger partial charge on any atom is -0.376 e. The van der Waals surface area contributed by atoms with Gasteiger partial charge in [-0.25, -0.2) is 9.97 Å². The van der Waals surface area contributed by atoms with Crippen molar-refractivity contribution in [1.29, 1.82) is 0 Å². The number of hydrogen-bond acceptors (Lipinski definition) is 5. The molecular formula is C14H19N5O. The molecule has 2 aromatic rings. The highest BCUT2D eigenvalue weighted by molar-refractivity contribution is 5.58. The van der Waals surface area contributed by atoms with Crippen molar-refractivity contribution in [2.75, 3.05) is 19.0 Å². The minimum absolute atomic E-state index is 0.584. The van der Waals surface area contributed by atoms with Gasteiger partial charge in [0.15, 0.2) is 5.82 Å². The van der Waals surface area contributed by atoms with Crippen LogP contribution in [0.2, 0.25) is 0 Å². The maximum absolute atomic E-state index is 5.48. The molecule has 0 saturated carbocycles. The normalized spacial score (nSPS) is 14.1. The maximum atomic E-state index is 5.48. The van der Waals surface area contributed by atoms with Crippen LogP contribution in [0.4, 0.5) is 5.82 Å². The number of aromatic nitrogens is 4. The molecule has 1 N–H and O–H groups in total. The lowest BCUT2D eigenvalue weighted by Crippen LogP contribution is -2.16. The average molecular weight is 273 g/mol. The summed E-state index contributed by atoms with van der Waals surface area (Å²) in [6, 6.07) is 0. The quantitative estimate of drug-likeness (QED) is 0.921. The van der Waals surface area contributed by atoms with E-state index in [1.807, 2.05) is 24.1 Å². The van der Waals surface area contributed by atoms with Crippen molar-refractivity contribution in [2.45, 2.75) is 32.9 Å². The molecule has 0 unspecified atom stereocenters. The second-order valence-electron chi connectivity index (χ2n) is 4.87. The second-order valence-corrected chi connectivity index (χ2v) is 4.87. The number of nitrogens with zero attached hydrogens (tertiary/aromatic N) is 4. The first-order chi connectivity index (χ1) is 9.81. The summed E-state index contributed by atoms with van der Waals surface area (Å²) >= 11 is 0. The molecule has 2 aromatic heterocycles. The summed E-state index contributed by atoms with van der Waals surface area (Å²) in [6.45, 7) is 4.36. The van der Waals surface area contributed by atoms with E-state index in [2.05, 4.69) is 27.3 Å². The Morgan fingerprint density at radius 3 is 3.10 bits per heavy atom. The molecule has 0 bridgehead atoms. The molecule has 0 aromatic carbocycles. The van der Waals surface area contributed by atoms with Crippen molar-refractivity contribution in [3.05, 3.63) is 23.7 Å². The van der Waals surface area contributed by atoms with E-state index in [0.717, 1.165) is 54.5 Å². The van der Waals surface area contributed by atoms with Crippen LogP contribution in [0.3, 0.4) is 0 Å². The van der Waals surface area contributed by atoms with Gasteiger partial charge in [-0.1, -0.05) is 6.92 Å². The van der Waals surface area contributed by atoms with Crippen molar-refractivity contribution in [3.63, 3.8) is 0 Å². The molecule has 0 atom stereocenters. The first kappa shape index (κ1) is 13.1. The summed E-state index contributed by atoms with van der Waals surface area (Å²) < 4.78 is 7.41. The molecule has 0 aliphatic carbocycles. The van der Waals surface area contributed by atoms with E-state index >= 15 is 0 Å². The van der Waals surface area contributed by atoms with Gasteiger partial charge < -0.3 is 10.1 Å². The van der Waals surface area contributed by atoms with Gasteiger partial charge in [-0.3, -0.25) is 4.68 Å². The molecule has 0 saturated heterocycles. The van der Waals surface area contributed by atoms with Crippen LogP contribution in [0.25, 0.3) is 11.4 Å². The fourth-order valence-corrected chi connectivity index (χ4v) is 2.40. The lowest BCUT2D eigenvalue weighted by atomic mass is 10.1. The fraction of sp³-hybridized carbons (Fsp3) is 0.500. The van der Waals surface area contributed by atoms with E-state index in [-0.39, 0.29) is 0 Å². The van der Waals surface area contributed by atoms with E-state index in [9.17, 15) is 0 Å². The van der Waals surface area contributed by atoms with Gasteiger partial charge in [-0.05, 0) is 6.42 Å². The van der Waals surface area contributed by atoms with Crippen LogP contribution < -0.4 is 5.32 Å². The van der Waals surface area contributed by atoms with Crippen LogP contribution in [-0.2, 0) is 24.3 Å². The molecule has 1 aliphatic rings. The first-order valence-corrected chi connectivity index (χ1v) is 7.00. The predicted octanol–water partition coefficient (Wildman–Crippen LogP) is 1.86. The number of ether oxygens (including phenoxy) is 1. The molecule has 6 heteroatoms. The zero-order valence-corrected chi connectivity index (χ0v) is 11.9. The SMILES string of the molecule is CCCn1cc(-c2nc3c(c(NC)n2)COCC3)cn1. The molecule has 0 radical (unpaired) electrons. The van der Waals surface area contributed by atoms with Crippen molar-refractivity contribution in [1.82, 2.24) is 19.7 Å². The second kappa shape index (κ2) is 5.58. The van der Waals surface area contributed by atoms with Crippen molar-refractivity contribution in [3.8, 4) is 11.4 Å². The molecule has 3 heterocycles. The highest BCUT2D eigenvalue weighted by atomic mass is 16.5. The Bertz CT molecular complexity index is 590. The third-order valence-electron chi connectivity index (χ3n) is 3.40. The first-order valence-electron chi connectivity index (χ1n) is 7.00. The largest absolute Gasteiger partial charge is 0.376 e. The van der Waals surface area contributed by atoms with E-state index in [1.165, 1.54) is 0 Å². The van der Waals surface area contributed by atoms with Crippen molar-refractivity contribution in [2.24, 2.45) is 0 Å². The van der Waals surface area contributed by atoms with E-state index in [1.54, 1.807) is 0 Å². The third kappa shape index (κ3) is 2.38. The standard InChI is InChI=1S/C14H19N5O/c1-3-5-19-8-10(7-16-19)13-17-12-4-6-20-9-11(12)14(15-2)18-13/h7-8H,3-6,9H2,1-2H3,(H,15,17,18). The monoisotopic (exact) mass is 273 g/mol. The number of aryl methyl sites for hydroxylation is 1. The summed E-state index contributed by atoms with van der Waals surface area (Å²) in [6.07, 6.45) is 5.73. The fourth-order valence-electron chi connectivity index (χ4n) is 2.40. The van der Waals surface area contributed by atoms with Gasteiger partial charge in [-0.2, -0.15) is 5.10 Å². The minimum atomic E-state index is 0.584. The van der Waals surface area contributed by atoms with Crippen LogP contribution in [0, 0.1) is 0 Å². The van der Waals surface area contributed by atoms with Crippen LogP contribution in [0.1, 0.15) is 24.6 Å². The summed E-state index contributed by atoms with van der Waals surface area (Å²) in [5.41, 5.74) is 3.11. The highest BCUT2D eigenvalue weighted by Gasteiger charge is 2.18. The summed E-state index contributed by atoms with van der Waals surface area (Å²) in [4.78, 5) is 9.27. The lowest BCUT2D eigenvalue weighted by molar-refractivity contribution is 0.109. The van der Waals surface area contributed by atoms with Gasteiger partial charge in [0.25, 0.3) is 0 Å². The lowest BCUT2D eigenvalue weighted by Gasteiger charge is -2.18. The number of rotatable bonds is 4. The topological polar surface area (TPSA) is 64.9 Å². The molecule has 20 heavy (non-hydrogen) atoms. The zero-order valence-electron chi connectivity index (χ0n) is 11.9. The summed E-state index contributed by atoms with van der Waals surface area (Å²) in [5.74, 6) is 1.59. The highest BCUT2D eigenvalue weighted by Crippen LogP contribution is 2.25. The molecular weight excluding hydrogens is 254 g/mol. The van der Waals surface area contributed by atoms with Crippen LogP contribution in [0.5, 0.6) is 0 Å². The summed E-state index contributed by atoms with van der Waals surface area (Å²) in [7, 11) is 1.88. The predicted molar refractivity (Wildman–Crippen MR) is 76.5 cm³/mol. The van der Waals surface area contributed by atoms with E-state index < -0.39 is 0 Å². The Labute approximate surface area is 118 Å². The van der Waals surface area contributed by atoms with Crippen molar-refractivity contribution < 1.29 is 4.74 Å². The molecule has 106 valence electrons.